The highest BCUT2D eigenvalue weighted by molar-refractivity contribution is 5.73. The quantitative estimate of drug-likeness (QED) is 0.606. The zero-order chi connectivity index (χ0) is 12.5. The standard InChI is InChI=1S/C12H23N5/c1-3-5-7-14-11-10(13)12(17-9-16-11)15-8-6-4-2/h9H,3-8,13H2,1-2H3,(H2,14,15,16,17). The van der Waals surface area contributed by atoms with Crippen molar-refractivity contribution >= 4 is 17.3 Å². The molecule has 0 aliphatic carbocycles. The minimum absolute atomic E-state index is 0.611. The van der Waals surface area contributed by atoms with Crippen LogP contribution in [0.15, 0.2) is 6.33 Å². The van der Waals surface area contributed by atoms with Crippen LogP contribution in [0.2, 0.25) is 0 Å². The van der Waals surface area contributed by atoms with Crippen molar-refractivity contribution in [2.24, 2.45) is 0 Å². The first-order valence-corrected chi connectivity index (χ1v) is 6.37. The average molecular weight is 237 g/mol. The molecule has 5 heteroatoms. The maximum Gasteiger partial charge on any atom is 0.154 e. The highest BCUT2D eigenvalue weighted by Gasteiger charge is 2.06. The smallest absolute Gasteiger partial charge is 0.154 e. The van der Waals surface area contributed by atoms with E-state index in [-0.39, 0.29) is 0 Å². The Hall–Kier alpha value is -1.52. The number of nitrogens with one attached hydrogen (secondary N) is 2. The van der Waals surface area contributed by atoms with Gasteiger partial charge in [0.1, 0.15) is 12.0 Å². The molecule has 0 aliphatic rings. The van der Waals surface area contributed by atoms with Crippen molar-refractivity contribution in [3.63, 3.8) is 0 Å². The van der Waals surface area contributed by atoms with Crippen molar-refractivity contribution in [1.29, 1.82) is 0 Å². The van der Waals surface area contributed by atoms with Gasteiger partial charge in [-0.05, 0) is 12.8 Å². The van der Waals surface area contributed by atoms with Crippen molar-refractivity contribution < 1.29 is 0 Å². The van der Waals surface area contributed by atoms with Gasteiger partial charge in [0.15, 0.2) is 11.6 Å². The largest absolute Gasteiger partial charge is 0.393 e. The SMILES string of the molecule is CCCCNc1ncnc(NCCCC)c1N. The average Bonchev–Trinajstić information content (AvgIpc) is 2.34. The van der Waals surface area contributed by atoms with Gasteiger partial charge in [-0.1, -0.05) is 26.7 Å². The highest BCUT2D eigenvalue weighted by atomic mass is 15.1. The number of rotatable bonds is 8. The van der Waals surface area contributed by atoms with Crippen LogP contribution in [0.1, 0.15) is 39.5 Å². The lowest BCUT2D eigenvalue weighted by Crippen LogP contribution is -2.11. The van der Waals surface area contributed by atoms with Gasteiger partial charge in [0.2, 0.25) is 0 Å². The number of nitrogens with zero attached hydrogens (tertiary/aromatic N) is 2. The molecule has 0 spiro atoms. The molecule has 0 aliphatic heterocycles. The molecule has 0 amide bonds. The van der Waals surface area contributed by atoms with Crippen LogP contribution in [0.3, 0.4) is 0 Å². The Bertz CT molecular complexity index is 298. The third-order valence-electron chi connectivity index (χ3n) is 2.53. The molecular formula is C12H23N5. The second kappa shape index (κ2) is 7.70. The number of anilines is 3. The molecule has 0 bridgehead atoms. The third-order valence-corrected chi connectivity index (χ3v) is 2.53. The highest BCUT2D eigenvalue weighted by Crippen LogP contribution is 2.22. The molecular weight excluding hydrogens is 214 g/mol. The van der Waals surface area contributed by atoms with Crippen LogP contribution in [0.4, 0.5) is 17.3 Å². The van der Waals surface area contributed by atoms with Crippen LogP contribution in [-0.4, -0.2) is 23.1 Å². The third kappa shape index (κ3) is 4.46. The van der Waals surface area contributed by atoms with E-state index in [2.05, 4.69) is 34.4 Å². The molecule has 17 heavy (non-hydrogen) atoms. The first-order chi connectivity index (χ1) is 8.29. The Morgan fingerprint density at radius 2 is 1.47 bits per heavy atom. The van der Waals surface area contributed by atoms with Crippen molar-refractivity contribution in [2.75, 3.05) is 29.5 Å². The predicted molar refractivity (Wildman–Crippen MR) is 73.2 cm³/mol. The Kier molecular flexibility index (Phi) is 6.14. The lowest BCUT2D eigenvalue weighted by Gasteiger charge is -2.11. The van der Waals surface area contributed by atoms with Crippen LogP contribution in [0.5, 0.6) is 0 Å². The molecule has 0 fully saturated rings. The maximum absolute atomic E-state index is 6.00. The van der Waals surface area contributed by atoms with E-state index in [0.29, 0.717) is 5.69 Å². The summed E-state index contributed by atoms with van der Waals surface area (Å²) in [5, 5.41) is 6.46. The zero-order valence-electron chi connectivity index (χ0n) is 10.8. The van der Waals surface area contributed by atoms with E-state index >= 15 is 0 Å². The fraction of sp³-hybridized carbons (Fsp3) is 0.667. The molecule has 0 unspecified atom stereocenters. The van der Waals surface area contributed by atoms with Gasteiger partial charge < -0.3 is 16.4 Å². The molecule has 1 aromatic rings. The van der Waals surface area contributed by atoms with Gasteiger partial charge in [-0.15, -0.1) is 0 Å². The van der Waals surface area contributed by atoms with Gasteiger partial charge in [0.05, 0.1) is 0 Å². The molecule has 1 aromatic heterocycles. The van der Waals surface area contributed by atoms with Crippen LogP contribution >= 0.6 is 0 Å². The van der Waals surface area contributed by atoms with E-state index in [1.807, 2.05) is 0 Å². The number of nitrogen functional groups attached to an aromatic ring is 1. The van der Waals surface area contributed by atoms with Crippen LogP contribution < -0.4 is 16.4 Å². The van der Waals surface area contributed by atoms with E-state index in [4.69, 9.17) is 5.73 Å². The predicted octanol–water partition coefficient (Wildman–Crippen LogP) is 2.48. The van der Waals surface area contributed by atoms with Gasteiger partial charge in [-0.25, -0.2) is 9.97 Å². The molecule has 1 heterocycles. The van der Waals surface area contributed by atoms with Crippen molar-refractivity contribution in [2.45, 2.75) is 39.5 Å². The van der Waals surface area contributed by atoms with Gasteiger partial charge in [0, 0.05) is 13.1 Å². The summed E-state index contributed by atoms with van der Waals surface area (Å²) in [6, 6.07) is 0. The van der Waals surface area contributed by atoms with Gasteiger partial charge in [-0.3, -0.25) is 0 Å². The summed E-state index contributed by atoms with van der Waals surface area (Å²) in [5.74, 6) is 1.46. The molecule has 96 valence electrons. The number of nitrogens with two attached hydrogens (primary N) is 1. The fourth-order valence-electron chi connectivity index (χ4n) is 1.44. The summed E-state index contributed by atoms with van der Waals surface area (Å²) >= 11 is 0. The van der Waals surface area contributed by atoms with E-state index in [1.54, 1.807) is 6.33 Å². The van der Waals surface area contributed by atoms with Gasteiger partial charge in [-0.2, -0.15) is 0 Å². The molecule has 0 radical (unpaired) electrons. The summed E-state index contributed by atoms with van der Waals surface area (Å²) in [7, 11) is 0. The molecule has 1 rings (SSSR count). The lowest BCUT2D eigenvalue weighted by molar-refractivity contribution is 0.826. The van der Waals surface area contributed by atoms with Crippen LogP contribution in [0.25, 0.3) is 0 Å². The second-order valence-corrected chi connectivity index (χ2v) is 4.05. The van der Waals surface area contributed by atoms with Crippen molar-refractivity contribution in [1.82, 2.24) is 9.97 Å². The summed E-state index contributed by atoms with van der Waals surface area (Å²) in [6.45, 7) is 6.10. The number of hydrogen-bond acceptors (Lipinski definition) is 5. The Balaban J connectivity index is 2.56. The molecule has 0 saturated carbocycles. The minimum atomic E-state index is 0.611. The Morgan fingerprint density at radius 3 is 1.88 bits per heavy atom. The van der Waals surface area contributed by atoms with E-state index in [0.717, 1.165) is 50.4 Å². The van der Waals surface area contributed by atoms with E-state index in [9.17, 15) is 0 Å². The topological polar surface area (TPSA) is 75.9 Å². The minimum Gasteiger partial charge on any atom is -0.393 e. The van der Waals surface area contributed by atoms with E-state index in [1.165, 1.54) is 0 Å². The zero-order valence-corrected chi connectivity index (χ0v) is 10.8. The number of unbranched alkanes of at least 4 members (excludes halogenated alkanes) is 2. The van der Waals surface area contributed by atoms with Crippen LogP contribution in [-0.2, 0) is 0 Å². The Morgan fingerprint density at radius 1 is 1.00 bits per heavy atom. The monoisotopic (exact) mass is 237 g/mol. The first kappa shape index (κ1) is 13.5. The molecule has 0 atom stereocenters. The molecule has 0 aromatic carbocycles. The van der Waals surface area contributed by atoms with Crippen LogP contribution in [0, 0.1) is 0 Å². The normalized spacial score (nSPS) is 10.2. The molecule has 0 saturated heterocycles. The molecule has 4 N–H and O–H groups in total. The number of hydrogen-bond donors (Lipinski definition) is 3. The fourth-order valence-corrected chi connectivity index (χ4v) is 1.44. The summed E-state index contributed by atoms with van der Waals surface area (Å²) in [4.78, 5) is 8.30. The number of aromatic nitrogens is 2. The molecule has 5 nitrogen and oxygen atoms in total. The summed E-state index contributed by atoms with van der Waals surface area (Å²) < 4.78 is 0. The van der Waals surface area contributed by atoms with Gasteiger partial charge in [0.25, 0.3) is 0 Å². The summed E-state index contributed by atoms with van der Waals surface area (Å²) in [5.41, 5.74) is 6.61. The lowest BCUT2D eigenvalue weighted by atomic mass is 10.3. The maximum atomic E-state index is 6.00. The summed E-state index contributed by atoms with van der Waals surface area (Å²) in [6.07, 6.45) is 6.07. The van der Waals surface area contributed by atoms with Gasteiger partial charge >= 0.3 is 0 Å². The van der Waals surface area contributed by atoms with Crippen molar-refractivity contribution in [3.05, 3.63) is 6.33 Å². The van der Waals surface area contributed by atoms with E-state index < -0.39 is 0 Å². The first-order valence-electron chi connectivity index (χ1n) is 6.37. The van der Waals surface area contributed by atoms with Crippen molar-refractivity contribution in [3.8, 4) is 0 Å². The second-order valence-electron chi connectivity index (χ2n) is 4.05. The Labute approximate surface area is 103 Å².